The highest BCUT2D eigenvalue weighted by Gasteiger charge is 2.09. The Morgan fingerprint density at radius 3 is 2.85 bits per heavy atom. The van der Waals surface area contributed by atoms with Crippen LogP contribution in [0.1, 0.15) is 39.2 Å². The minimum atomic E-state index is -0.457. The maximum Gasteiger partial charge on any atom is 0.0897 e. The molecule has 1 rings (SSSR count). The summed E-state index contributed by atoms with van der Waals surface area (Å²) in [4.78, 5) is 4.05. The first kappa shape index (κ1) is 17.1. The number of pyridine rings is 1. The molecule has 20 heavy (non-hydrogen) atoms. The summed E-state index contributed by atoms with van der Waals surface area (Å²) in [7, 11) is 0. The molecule has 1 unspecified atom stereocenters. The maximum atomic E-state index is 9.78. The first-order valence-electron chi connectivity index (χ1n) is 7.33. The highest BCUT2D eigenvalue weighted by molar-refractivity contribution is 5.07. The van der Waals surface area contributed by atoms with Crippen LogP contribution in [0, 0.1) is 5.41 Å². The predicted molar refractivity (Wildman–Crippen MR) is 81.5 cm³/mol. The second kappa shape index (κ2) is 9.06. The molecule has 0 aromatic carbocycles. The molecule has 0 fully saturated rings. The lowest BCUT2D eigenvalue weighted by molar-refractivity contribution is 0.0332. The second-order valence-electron chi connectivity index (χ2n) is 6.39. The van der Waals surface area contributed by atoms with E-state index in [-0.39, 0.29) is 0 Å². The Labute approximate surface area is 122 Å². The summed E-state index contributed by atoms with van der Waals surface area (Å²) in [5.41, 5.74) is 1.47. The van der Waals surface area contributed by atoms with E-state index >= 15 is 0 Å². The first-order valence-corrected chi connectivity index (χ1v) is 7.33. The average molecular weight is 280 g/mol. The van der Waals surface area contributed by atoms with Crippen molar-refractivity contribution in [3.63, 3.8) is 0 Å². The zero-order valence-corrected chi connectivity index (χ0v) is 12.9. The van der Waals surface area contributed by atoms with Gasteiger partial charge in [-0.15, -0.1) is 0 Å². The quantitative estimate of drug-likeness (QED) is 0.682. The summed E-state index contributed by atoms with van der Waals surface area (Å²) < 4.78 is 5.49. The van der Waals surface area contributed by atoms with E-state index in [1.165, 1.54) is 0 Å². The van der Waals surface area contributed by atoms with Crippen molar-refractivity contribution in [2.45, 2.75) is 46.3 Å². The van der Waals surface area contributed by atoms with Gasteiger partial charge in [-0.3, -0.25) is 4.98 Å². The van der Waals surface area contributed by atoms with Crippen LogP contribution in [0.25, 0.3) is 0 Å². The summed E-state index contributed by atoms with van der Waals surface area (Å²) >= 11 is 0. The Morgan fingerprint density at radius 1 is 1.40 bits per heavy atom. The summed E-state index contributed by atoms with van der Waals surface area (Å²) in [6.45, 7) is 9.04. The molecule has 0 spiro atoms. The summed E-state index contributed by atoms with van der Waals surface area (Å²) in [5, 5.41) is 13.0. The van der Waals surface area contributed by atoms with E-state index < -0.39 is 6.10 Å². The lowest BCUT2D eigenvalue weighted by Crippen LogP contribution is -2.30. The number of hydrogen-bond acceptors (Lipinski definition) is 4. The predicted octanol–water partition coefficient (Wildman–Crippen LogP) is 2.38. The zero-order chi connectivity index (χ0) is 14.8. The third-order valence-corrected chi connectivity index (χ3v) is 2.96. The molecule has 1 aromatic rings. The van der Waals surface area contributed by atoms with Gasteiger partial charge < -0.3 is 15.2 Å². The van der Waals surface area contributed by atoms with E-state index in [0.29, 0.717) is 18.6 Å². The van der Waals surface area contributed by atoms with Crippen LogP contribution in [0.4, 0.5) is 0 Å². The van der Waals surface area contributed by atoms with Gasteiger partial charge in [0, 0.05) is 32.1 Å². The Morgan fingerprint density at radius 2 is 2.20 bits per heavy atom. The highest BCUT2D eigenvalue weighted by Crippen LogP contribution is 2.20. The molecule has 4 nitrogen and oxygen atoms in total. The Balaban J connectivity index is 1.99. The van der Waals surface area contributed by atoms with E-state index in [9.17, 15) is 5.11 Å². The van der Waals surface area contributed by atoms with Crippen LogP contribution in [0.2, 0.25) is 0 Å². The molecule has 4 heteroatoms. The third-order valence-electron chi connectivity index (χ3n) is 2.96. The number of aliphatic hydroxyl groups excluding tert-OH is 1. The molecule has 0 saturated heterocycles. The average Bonchev–Trinajstić information content (AvgIpc) is 2.38. The fraction of sp³-hybridized carbons (Fsp3) is 0.688. The van der Waals surface area contributed by atoms with Crippen LogP contribution in [0.3, 0.4) is 0 Å². The summed E-state index contributed by atoms with van der Waals surface area (Å²) in [5.74, 6) is 0. The van der Waals surface area contributed by atoms with Gasteiger partial charge in [-0.05, 0) is 29.9 Å². The van der Waals surface area contributed by atoms with Gasteiger partial charge in [-0.1, -0.05) is 26.8 Å². The molecule has 0 amide bonds. The Kier molecular flexibility index (Phi) is 7.73. The van der Waals surface area contributed by atoms with Gasteiger partial charge in [-0.2, -0.15) is 0 Å². The van der Waals surface area contributed by atoms with Crippen molar-refractivity contribution in [1.82, 2.24) is 10.3 Å². The molecule has 1 heterocycles. The van der Waals surface area contributed by atoms with Gasteiger partial charge >= 0.3 is 0 Å². The normalized spacial score (nSPS) is 13.4. The molecule has 0 radical (unpaired) electrons. The summed E-state index contributed by atoms with van der Waals surface area (Å²) in [6.07, 6.45) is 5.30. The van der Waals surface area contributed by atoms with Crippen molar-refractivity contribution in [2.24, 2.45) is 5.41 Å². The van der Waals surface area contributed by atoms with Crippen LogP contribution in [0.5, 0.6) is 0 Å². The molecule has 1 aromatic heterocycles. The Hall–Kier alpha value is -0.970. The fourth-order valence-corrected chi connectivity index (χ4v) is 1.87. The SMILES string of the molecule is CC(C)(C)CCCOCC(O)CNCc1cccnc1. The lowest BCUT2D eigenvalue weighted by atomic mass is 9.91. The zero-order valence-electron chi connectivity index (χ0n) is 12.9. The van der Waals surface area contributed by atoms with Gasteiger partial charge in [-0.25, -0.2) is 0 Å². The van der Waals surface area contributed by atoms with Gasteiger partial charge in [0.2, 0.25) is 0 Å². The summed E-state index contributed by atoms with van der Waals surface area (Å²) in [6, 6.07) is 3.92. The van der Waals surface area contributed by atoms with E-state index in [0.717, 1.165) is 31.6 Å². The van der Waals surface area contributed by atoms with Crippen molar-refractivity contribution in [1.29, 1.82) is 0 Å². The number of hydrogen-bond donors (Lipinski definition) is 2. The second-order valence-corrected chi connectivity index (χ2v) is 6.39. The van der Waals surface area contributed by atoms with Crippen LogP contribution >= 0.6 is 0 Å². The molecule has 2 N–H and O–H groups in total. The van der Waals surface area contributed by atoms with Crippen LogP contribution in [-0.4, -0.2) is 36.0 Å². The van der Waals surface area contributed by atoms with Gasteiger partial charge in [0.1, 0.15) is 0 Å². The standard InChI is InChI=1S/C16H28N2O2/c1-16(2,3)7-5-9-20-13-15(19)12-18-11-14-6-4-8-17-10-14/h4,6,8,10,15,18-19H,5,7,9,11-13H2,1-3H3. The van der Waals surface area contributed by atoms with E-state index in [2.05, 4.69) is 31.1 Å². The maximum absolute atomic E-state index is 9.78. The molecule has 0 aliphatic heterocycles. The van der Waals surface area contributed by atoms with Gasteiger partial charge in [0.05, 0.1) is 12.7 Å². The van der Waals surface area contributed by atoms with Crippen molar-refractivity contribution < 1.29 is 9.84 Å². The number of ether oxygens (including phenoxy) is 1. The molecule has 0 aliphatic rings. The smallest absolute Gasteiger partial charge is 0.0897 e. The van der Waals surface area contributed by atoms with E-state index in [4.69, 9.17) is 4.74 Å². The van der Waals surface area contributed by atoms with Crippen LogP contribution in [-0.2, 0) is 11.3 Å². The van der Waals surface area contributed by atoms with Gasteiger partial charge in [0.25, 0.3) is 0 Å². The topological polar surface area (TPSA) is 54.4 Å². The van der Waals surface area contributed by atoms with Crippen LogP contribution in [0.15, 0.2) is 24.5 Å². The molecule has 1 atom stereocenters. The highest BCUT2D eigenvalue weighted by atomic mass is 16.5. The number of rotatable bonds is 9. The van der Waals surface area contributed by atoms with Crippen LogP contribution < -0.4 is 5.32 Å². The van der Waals surface area contributed by atoms with E-state index in [1.807, 2.05) is 18.3 Å². The van der Waals surface area contributed by atoms with E-state index in [1.54, 1.807) is 6.20 Å². The van der Waals surface area contributed by atoms with Crippen molar-refractivity contribution in [2.75, 3.05) is 19.8 Å². The number of aromatic nitrogens is 1. The Bertz CT molecular complexity index is 349. The number of nitrogens with zero attached hydrogens (tertiary/aromatic N) is 1. The molecular weight excluding hydrogens is 252 g/mol. The molecular formula is C16H28N2O2. The molecule has 114 valence electrons. The van der Waals surface area contributed by atoms with Crippen molar-refractivity contribution >= 4 is 0 Å². The van der Waals surface area contributed by atoms with Gasteiger partial charge in [0.15, 0.2) is 0 Å². The monoisotopic (exact) mass is 280 g/mol. The minimum absolute atomic E-state index is 0.354. The first-order chi connectivity index (χ1) is 9.47. The molecule has 0 bridgehead atoms. The lowest BCUT2D eigenvalue weighted by Gasteiger charge is -2.18. The van der Waals surface area contributed by atoms with Crippen molar-refractivity contribution in [3.05, 3.63) is 30.1 Å². The minimum Gasteiger partial charge on any atom is -0.389 e. The third kappa shape index (κ3) is 9.02. The molecule has 0 aliphatic carbocycles. The number of nitrogens with one attached hydrogen (secondary N) is 1. The van der Waals surface area contributed by atoms with Crippen molar-refractivity contribution in [3.8, 4) is 0 Å². The fourth-order valence-electron chi connectivity index (χ4n) is 1.87. The molecule has 0 saturated carbocycles. The number of aliphatic hydroxyl groups is 1. The largest absolute Gasteiger partial charge is 0.389 e.